The van der Waals surface area contributed by atoms with Crippen molar-refractivity contribution in [2.24, 2.45) is 10.7 Å². The number of alkyl halides is 2. The molecular formula is C21H20F2N4O2. The highest BCUT2D eigenvalue weighted by molar-refractivity contribution is 6.08. The summed E-state index contributed by atoms with van der Waals surface area (Å²) in [5.74, 6) is -0.288. The molecule has 0 saturated carbocycles. The van der Waals surface area contributed by atoms with E-state index in [1.165, 1.54) is 36.2 Å². The van der Waals surface area contributed by atoms with Gasteiger partial charge in [-0.2, -0.15) is 14.0 Å². The molecule has 0 bridgehead atoms. The van der Waals surface area contributed by atoms with E-state index in [9.17, 15) is 13.6 Å². The molecule has 0 radical (unpaired) electrons. The molecule has 1 heterocycles. The number of halogens is 2. The number of nitriles is 1. The Morgan fingerprint density at radius 1 is 1.24 bits per heavy atom. The van der Waals surface area contributed by atoms with Crippen molar-refractivity contribution in [1.29, 1.82) is 5.26 Å². The topological polar surface area (TPSA) is 91.7 Å². The molecule has 0 fully saturated rings. The third kappa shape index (κ3) is 3.90. The highest BCUT2D eigenvalue weighted by atomic mass is 19.3. The molecule has 0 aromatic heterocycles. The van der Waals surface area contributed by atoms with E-state index in [4.69, 9.17) is 11.0 Å². The van der Waals surface area contributed by atoms with E-state index in [0.717, 1.165) is 5.56 Å². The van der Waals surface area contributed by atoms with Crippen molar-refractivity contribution in [1.82, 2.24) is 4.90 Å². The van der Waals surface area contributed by atoms with Crippen molar-refractivity contribution in [2.45, 2.75) is 31.4 Å². The summed E-state index contributed by atoms with van der Waals surface area (Å²) in [7, 11) is 1.54. The second-order valence-electron chi connectivity index (χ2n) is 6.66. The second kappa shape index (κ2) is 8.27. The number of nitrogens with two attached hydrogens (primary N) is 1. The maximum absolute atomic E-state index is 13.2. The lowest BCUT2D eigenvalue weighted by molar-refractivity contribution is -0.129. The molecule has 2 N–H and O–H groups in total. The Morgan fingerprint density at radius 2 is 1.97 bits per heavy atom. The molecule has 0 aliphatic carbocycles. The number of likely N-dealkylation sites (N-methyl/N-ethyl adjacent to an activating group) is 1. The lowest BCUT2D eigenvalue weighted by Gasteiger charge is -2.26. The van der Waals surface area contributed by atoms with Crippen LogP contribution >= 0.6 is 0 Å². The van der Waals surface area contributed by atoms with Gasteiger partial charge in [0.15, 0.2) is 11.5 Å². The van der Waals surface area contributed by atoms with Crippen LogP contribution in [-0.2, 0) is 16.8 Å². The first kappa shape index (κ1) is 20.3. The van der Waals surface area contributed by atoms with Gasteiger partial charge in [0, 0.05) is 13.5 Å². The lowest BCUT2D eigenvalue weighted by atomic mass is 9.82. The predicted octanol–water partition coefficient (Wildman–Crippen LogP) is 3.16. The van der Waals surface area contributed by atoms with Crippen LogP contribution in [0.2, 0.25) is 0 Å². The molecule has 0 spiro atoms. The zero-order valence-electron chi connectivity index (χ0n) is 15.8. The summed E-state index contributed by atoms with van der Waals surface area (Å²) < 4.78 is 29.3. The van der Waals surface area contributed by atoms with Crippen LogP contribution in [0.15, 0.2) is 53.5 Å². The van der Waals surface area contributed by atoms with Gasteiger partial charge in [-0.1, -0.05) is 36.4 Å². The maximum Gasteiger partial charge on any atom is 0.387 e. The minimum Gasteiger partial charge on any atom is -0.435 e. The normalized spacial score (nSPS) is 18.7. The average molecular weight is 398 g/mol. The van der Waals surface area contributed by atoms with Crippen molar-refractivity contribution in [3.63, 3.8) is 0 Å². The maximum atomic E-state index is 13.2. The van der Waals surface area contributed by atoms with Crippen LogP contribution < -0.4 is 10.5 Å². The molecule has 2 aromatic carbocycles. The Morgan fingerprint density at radius 3 is 2.55 bits per heavy atom. The Bertz CT molecular complexity index is 969. The van der Waals surface area contributed by atoms with Gasteiger partial charge in [0.05, 0.1) is 6.07 Å². The van der Waals surface area contributed by atoms with Gasteiger partial charge in [0.25, 0.3) is 5.91 Å². The van der Waals surface area contributed by atoms with Crippen molar-refractivity contribution < 1.29 is 18.3 Å². The third-order valence-electron chi connectivity index (χ3n) is 4.84. The van der Waals surface area contributed by atoms with E-state index in [1.807, 2.05) is 18.2 Å². The van der Waals surface area contributed by atoms with Crippen LogP contribution in [0.5, 0.6) is 5.75 Å². The summed E-state index contributed by atoms with van der Waals surface area (Å²) in [4.78, 5) is 19.0. The van der Waals surface area contributed by atoms with Crippen LogP contribution in [0.1, 0.15) is 29.5 Å². The van der Waals surface area contributed by atoms with E-state index >= 15 is 0 Å². The minimum absolute atomic E-state index is 0.0140. The number of hydrogen-bond donors (Lipinski definition) is 1. The van der Waals surface area contributed by atoms with Crippen LogP contribution in [-0.4, -0.2) is 30.4 Å². The first-order valence-corrected chi connectivity index (χ1v) is 9.03. The van der Waals surface area contributed by atoms with Crippen molar-refractivity contribution in [3.8, 4) is 11.8 Å². The number of carbonyl (C=O) groups excluding carboxylic acids is 1. The van der Waals surface area contributed by atoms with Crippen LogP contribution in [0.4, 0.5) is 8.78 Å². The quantitative estimate of drug-likeness (QED) is 0.725. The molecule has 1 unspecified atom stereocenters. The third-order valence-corrected chi connectivity index (χ3v) is 4.84. The molecule has 29 heavy (non-hydrogen) atoms. The number of guanidine groups is 1. The van der Waals surface area contributed by atoms with E-state index in [0.29, 0.717) is 30.4 Å². The molecule has 8 heteroatoms. The number of amides is 1. The Balaban J connectivity index is 2.06. The zero-order chi connectivity index (χ0) is 21.0. The summed E-state index contributed by atoms with van der Waals surface area (Å²) in [6.07, 6.45) is 1.82. The highest BCUT2D eigenvalue weighted by Gasteiger charge is 2.49. The van der Waals surface area contributed by atoms with Gasteiger partial charge < -0.3 is 10.5 Å². The molecule has 150 valence electrons. The number of rotatable bonds is 7. The zero-order valence-corrected chi connectivity index (χ0v) is 15.8. The lowest BCUT2D eigenvalue weighted by Crippen LogP contribution is -2.41. The van der Waals surface area contributed by atoms with Gasteiger partial charge in [0.1, 0.15) is 5.75 Å². The molecule has 1 aliphatic heterocycles. The average Bonchev–Trinajstić information content (AvgIpc) is 2.93. The Hall–Kier alpha value is -3.47. The van der Waals surface area contributed by atoms with E-state index < -0.39 is 12.2 Å². The fraction of sp³-hybridized carbons (Fsp3) is 0.286. The second-order valence-corrected chi connectivity index (χ2v) is 6.66. The van der Waals surface area contributed by atoms with Crippen LogP contribution in [0, 0.1) is 11.3 Å². The first-order chi connectivity index (χ1) is 13.9. The number of aryl methyl sites for hydroxylation is 1. The van der Waals surface area contributed by atoms with Crippen molar-refractivity contribution >= 4 is 11.9 Å². The van der Waals surface area contributed by atoms with Gasteiger partial charge >= 0.3 is 6.61 Å². The number of aliphatic imine (C=N–C) groups is 1. The molecule has 6 nitrogen and oxygen atoms in total. The largest absolute Gasteiger partial charge is 0.435 e. The fourth-order valence-electron chi connectivity index (χ4n) is 3.39. The number of benzene rings is 2. The fourth-order valence-corrected chi connectivity index (χ4v) is 3.39. The van der Waals surface area contributed by atoms with Crippen molar-refractivity contribution in [2.75, 3.05) is 7.05 Å². The molecular weight excluding hydrogens is 378 g/mol. The van der Waals surface area contributed by atoms with Gasteiger partial charge in [-0.25, -0.2) is 4.99 Å². The van der Waals surface area contributed by atoms with Crippen molar-refractivity contribution in [3.05, 3.63) is 65.2 Å². The molecule has 1 aliphatic rings. The van der Waals surface area contributed by atoms with Crippen LogP contribution in [0.3, 0.4) is 0 Å². The minimum atomic E-state index is -2.94. The predicted molar refractivity (Wildman–Crippen MR) is 103 cm³/mol. The molecule has 1 amide bonds. The van der Waals surface area contributed by atoms with Crippen LogP contribution in [0.25, 0.3) is 0 Å². The molecule has 0 saturated heterocycles. The summed E-state index contributed by atoms with van der Waals surface area (Å²) in [5, 5.41) is 8.74. The summed E-state index contributed by atoms with van der Waals surface area (Å²) in [5.41, 5.74) is 6.61. The Labute approximate surface area is 167 Å². The van der Waals surface area contributed by atoms with E-state index in [-0.39, 0.29) is 17.6 Å². The van der Waals surface area contributed by atoms with Gasteiger partial charge in [-0.15, -0.1) is 0 Å². The standard InChI is InChI=1S/C21H20F2N4O2/c1-27-18(28)21(26-20(27)25,15-8-10-17(11-9-15)29-19(22)23)16-7-4-6-14(13-16)5-2-3-12-24/h4,6-11,13,19H,2-3,5H2,1H3,(H2,25,26). The number of unbranched alkanes of at least 4 members (excludes halogenated alkanes) is 1. The summed E-state index contributed by atoms with van der Waals surface area (Å²) in [6.45, 7) is -2.94. The molecule has 2 aromatic rings. The first-order valence-electron chi connectivity index (χ1n) is 9.03. The molecule has 1 atom stereocenters. The summed E-state index contributed by atoms with van der Waals surface area (Å²) in [6, 6.07) is 15.3. The molecule has 3 rings (SSSR count). The Kier molecular flexibility index (Phi) is 5.78. The van der Waals surface area contributed by atoms with E-state index in [2.05, 4.69) is 15.8 Å². The van der Waals surface area contributed by atoms with E-state index in [1.54, 1.807) is 6.07 Å². The van der Waals surface area contributed by atoms with Gasteiger partial charge in [-0.05, 0) is 41.7 Å². The number of nitrogens with zero attached hydrogens (tertiary/aromatic N) is 3. The number of hydrogen-bond acceptors (Lipinski definition) is 5. The highest BCUT2D eigenvalue weighted by Crippen LogP contribution is 2.40. The smallest absolute Gasteiger partial charge is 0.387 e. The van der Waals surface area contributed by atoms with Gasteiger partial charge in [0.2, 0.25) is 0 Å². The van der Waals surface area contributed by atoms with Gasteiger partial charge in [-0.3, -0.25) is 9.69 Å². The SMILES string of the molecule is CN1C(=O)C(c2ccc(OC(F)F)cc2)(c2cccc(CCCC#N)c2)N=C1N. The number of carbonyl (C=O) groups is 1. The monoisotopic (exact) mass is 398 g/mol. The number of ether oxygens (including phenoxy) is 1. The summed E-state index contributed by atoms with van der Waals surface area (Å²) >= 11 is 0.